The number of rotatable bonds is 5. The molecule has 1 aromatic carbocycles. The number of nitrogens with one attached hydrogen (secondary N) is 1. The molecule has 2 aromatic heterocycles. The second-order valence-corrected chi connectivity index (χ2v) is 7.42. The summed E-state index contributed by atoms with van der Waals surface area (Å²) in [5, 5.41) is 0. The van der Waals surface area contributed by atoms with Crippen molar-refractivity contribution in [3.05, 3.63) is 54.0 Å². The second-order valence-electron chi connectivity index (χ2n) is 7.42. The first-order valence-electron chi connectivity index (χ1n) is 9.89. The smallest absolute Gasteiger partial charge is 0.270 e. The van der Waals surface area contributed by atoms with E-state index in [9.17, 15) is 9.59 Å². The van der Waals surface area contributed by atoms with Crippen molar-refractivity contribution in [2.24, 2.45) is 0 Å². The summed E-state index contributed by atoms with van der Waals surface area (Å²) in [7, 11) is 0. The highest BCUT2D eigenvalue weighted by atomic mass is 16.2. The molecule has 1 amide bonds. The number of nitrogen functional groups attached to an aromatic ring is 1. The van der Waals surface area contributed by atoms with E-state index in [-0.39, 0.29) is 11.9 Å². The molecular formula is C22H24N6O2. The third-order valence-electron chi connectivity index (χ3n) is 5.32. The fourth-order valence-electron chi connectivity index (χ4n) is 3.70. The van der Waals surface area contributed by atoms with Crippen LogP contribution in [-0.2, 0) is 4.79 Å². The summed E-state index contributed by atoms with van der Waals surface area (Å²) >= 11 is 0. The largest absolute Gasteiger partial charge is 0.368 e. The van der Waals surface area contributed by atoms with Crippen LogP contribution in [0.5, 0.6) is 0 Å². The van der Waals surface area contributed by atoms with Gasteiger partial charge in [0, 0.05) is 49.7 Å². The molecule has 154 valence electrons. The molecule has 3 N–H and O–H groups in total. The van der Waals surface area contributed by atoms with Crippen molar-refractivity contribution in [2.75, 3.05) is 38.5 Å². The zero-order chi connectivity index (χ0) is 21.1. The lowest BCUT2D eigenvalue weighted by atomic mass is 10.0. The molecule has 0 spiro atoms. The Hall–Kier alpha value is -3.52. The summed E-state index contributed by atoms with van der Waals surface area (Å²) in [5.41, 5.74) is 10.8. The fourth-order valence-corrected chi connectivity index (χ4v) is 3.70. The number of hydrogen-bond donors (Lipinski definition) is 2. The fraction of sp³-hybridized carbons (Fsp3) is 0.273. The lowest BCUT2D eigenvalue weighted by molar-refractivity contribution is -0.109. The van der Waals surface area contributed by atoms with Crippen LogP contribution in [0, 0.1) is 6.92 Å². The zero-order valence-corrected chi connectivity index (χ0v) is 16.8. The number of aryl methyl sites for hydroxylation is 1. The van der Waals surface area contributed by atoms with Crippen LogP contribution >= 0.6 is 0 Å². The minimum atomic E-state index is -0.0638. The van der Waals surface area contributed by atoms with Crippen molar-refractivity contribution in [1.29, 1.82) is 0 Å². The van der Waals surface area contributed by atoms with Gasteiger partial charge in [-0.3, -0.25) is 9.69 Å². The van der Waals surface area contributed by atoms with E-state index in [1.54, 1.807) is 23.4 Å². The number of aldehydes is 1. The third-order valence-corrected chi connectivity index (χ3v) is 5.32. The maximum Gasteiger partial charge on any atom is 0.270 e. The van der Waals surface area contributed by atoms with Crippen molar-refractivity contribution in [3.8, 4) is 22.4 Å². The minimum absolute atomic E-state index is 0.0638. The molecule has 3 heterocycles. The molecule has 3 aromatic rings. The van der Waals surface area contributed by atoms with E-state index in [2.05, 4.69) is 21.0 Å². The molecule has 0 atom stereocenters. The average Bonchev–Trinajstić information content (AvgIpc) is 3.24. The second kappa shape index (κ2) is 8.46. The minimum Gasteiger partial charge on any atom is -0.368 e. The van der Waals surface area contributed by atoms with Crippen molar-refractivity contribution < 1.29 is 9.59 Å². The van der Waals surface area contributed by atoms with Crippen LogP contribution in [0.15, 0.2) is 42.7 Å². The Morgan fingerprint density at radius 1 is 1.20 bits per heavy atom. The Bertz CT molecular complexity index is 1070. The average molecular weight is 404 g/mol. The van der Waals surface area contributed by atoms with Gasteiger partial charge in [-0.2, -0.15) is 0 Å². The van der Waals surface area contributed by atoms with E-state index < -0.39 is 0 Å². The molecular weight excluding hydrogens is 380 g/mol. The van der Waals surface area contributed by atoms with E-state index in [0.29, 0.717) is 44.1 Å². The predicted octanol–water partition coefficient (Wildman–Crippen LogP) is 1.99. The van der Waals surface area contributed by atoms with Crippen molar-refractivity contribution in [1.82, 2.24) is 24.8 Å². The van der Waals surface area contributed by atoms with Crippen LogP contribution < -0.4 is 5.73 Å². The summed E-state index contributed by atoms with van der Waals surface area (Å²) < 4.78 is 0. The summed E-state index contributed by atoms with van der Waals surface area (Å²) in [6.07, 6.45) is 4.39. The lowest BCUT2D eigenvalue weighted by Gasteiger charge is -2.33. The molecule has 1 aliphatic heterocycles. The van der Waals surface area contributed by atoms with Crippen molar-refractivity contribution in [2.45, 2.75) is 6.92 Å². The number of nitrogens with zero attached hydrogens (tertiary/aromatic N) is 4. The van der Waals surface area contributed by atoms with E-state index in [0.717, 1.165) is 28.5 Å². The number of amides is 1. The highest BCUT2D eigenvalue weighted by Gasteiger charge is 2.23. The van der Waals surface area contributed by atoms with Crippen LogP contribution in [0.25, 0.3) is 22.4 Å². The molecule has 1 saturated heterocycles. The van der Waals surface area contributed by atoms with Gasteiger partial charge in [0.05, 0.1) is 12.2 Å². The number of carbonyl (C=O) groups excluding carboxylic acids is 2. The molecule has 30 heavy (non-hydrogen) atoms. The first-order valence-corrected chi connectivity index (χ1v) is 9.89. The van der Waals surface area contributed by atoms with Crippen LogP contribution in [0.2, 0.25) is 0 Å². The molecule has 0 bridgehead atoms. The predicted molar refractivity (Wildman–Crippen MR) is 115 cm³/mol. The Labute approximate surface area is 174 Å². The van der Waals surface area contributed by atoms with Gasteiger partial charge in [-0.05, 0) is 18.6 Å². The molecule has 0 radical (unpaired) electrons. The number of benzene rings is 1. The molecule has 8 nitrogen and oxygen atoms in total. The number of hydrogen-bond acceptors (Lipinski definition) is 6. The number of aromatic amines is 1. The quantitative estimate of drug-likeness (QED) is 0.630. The highest BCUT2D eigenvalue weighted by Crippen LogP contribution is 2.31. The highest BCUT2D eigenvalue weighted by molar-refractivity contribution is 5.94. The molecule has 0 saturated carbocycles. The Morgan fingerprint density at radius 3 is 2.73 bits per heavy atom. The van der Waals surface area contributed by atoms with Crippen LogP contribution in [0.4, 0.5) is 5.95 Å². The SMILES string of the molecule is Cc1cccc(-c2cnc(N)nc2-c2c[nH]c(C(=O)N3CCN(CC=O)CC3)c2)c1. The first kappa shape index (κ1) is 19.8. The first-order chi connectivity index (χ1) is 14.5. The van der Waals surface area contributed by atoms with Crippen molar-refractivity contribution >= 4 is 18.1 Å². The van der Waals surface area contributed by atoms with E-state index in [4.69, 9.17) is 5.73 Å². The van der Waals surface area contributed by atoms with Crippen molar-refractivity contribution in [3.63, 3.8) is 0 Å². The van der Waals surface area contributed by atoms with Gasteiger partial charge in [-0.1, -0.05) is 29.8 Å². The molecule has 8 heteroatoms. The van der Waals surface area contributed by atoms with Crippen LogP contribution in [0.1, 0.15) is 16.1 Å². The van der Waals surface area contributed by atoms with Gasteiger partial charge >= 0.3 is 0 Å². The number of anilines is 1. The summed E-state index contributed by atoms with van der Waals surface area (Å²) in [5.74, 6) is 0.118. The standard InChI is InChI=1S/C22H24N6O2/c1-15-3-2-4-16(11-15)18-14-25-22(23)26-20(18)17-12-19(24-13-17)21(30)28-7-5-27(6-8-28)9-10-29/h2-4,10-14,24H,5-9H2,1H3,(H2,23,25,26). The number of aromatic nitrogens is 3. The Morgan fingerprint density at radius 2 is 2.00 bits per heavy atom. The van der Waals surface area contributed by atoms with Crippen LogP contribution in [0.3, 0.4) is 0 Å². The van der Waals surface area contributed by atoms with Gasteiger partial charge in [0.2, 0.25) is 5.95 Å². The molecule has 1 fully saturated rings. The van der Waals surface area contributed by atoms with Gasteiger partial charge < -0.3 is 20.4 Å². The van der Waals surface area contributed by atoms with E-state index >= 15 is 0 Å². The number of H-pyrrole nitrogens is 1. The number of nitrogens with two attached hydrogens (primary N) is 1. The topological polar surface area (TPSA) is 108 Å². The summed E-state index contributed by atoms with van der Waals surface area (Å²) in [4.78, 5) is 39.1. The summed E-state index contributed by atoms with van der Waals surface area (Å²) in [6.45, 7) is 5.01. The zero-order valence-electron chi connectivity index (χ0n) is 16.8. The maximum atomic E-state index is 12.9. The molecule has 1 aliphatic rings. The van der Waals surface area contributed by atoms with Crippen LogP contribution in [-0.4, -0.2) is 69.7 Å². The molecule has 0 aliphatic carbocycles. The molecule has 4 rings (SSSR count). The summed E-state index contributed by atoms with van der Waals surface area (Å²) in [6, 6.07) is 9.89. The van der Waals surface area contributed by atoms with E-state index in [1.165, 1.54) is 0 Å². The van der Waals surface area contributed by atoms with Gasteiger partial charge in [0.15, 0.2) is 0 Å². The lowest BCUT2D eigenvalue weighted by Crippen LogP contribution is -2.49. The normalized spacial score (nSPS) is 14.6. The van der Waals surface area contributed by atoms with Gasteiger partial charge in [-0.15, -0.1) is 0 Å². The van der Waals surface area contributed by atoms with Gasteiger partial charge in [0.1, 0.15) is 12.0 Å². The third kappa shape index (κ3) is 4.08. The van der Waals surface area contributed by atoms with Gasteiger partial charge in [0.25, 0.3) is 5.91 Å². The monoisotopic (exact) mass is 404 g/mol. The Kier molecular flexibility index (Phi) is 5.58. The maximum absolute atomic E-state index is 12.9. The number of piperazine rings is 1. The van der Waals surface area contributed by atoms with Gasteiger partial charge in [-0.25, -0.2) is 9.97 Å². The van der Waals surface area contributed by atoms with E-state index in [1.807, 2.05) is 30.0 Å². The number of carbonyl (C=O) groups is 2. The molecule has 0 unspecified atom stereocenters. The Balaban J connectivity index is 1.59.